The lowest BCUT2D eigenvalue weighted by Crippen LogP contribution is -1.99. The summed E-state index contributed by atoms with van der Waals surface area (Å²) in [5, 5.41) is 13.4. The van der Waals surface area contributed by atoms with Crippen LogP contribution < -0.4 is 0 Å². The van der Waals surface area contributed by atoms with Gasteiger partial charge >= 0.3 is 0 Å². The van der Waals surface area contributed by atoms with Crippen LogP contribution in [-0.4, -0.2) is 5.11 Å². The third-order valence-corrected chi connectivity index (χ3v) is 3.03. The predicted octanol–water partition coefficient (Wildman–Crippen LogP) is 3.44. The molecular weight excluding hydrogens is 190 g/mol. The first-order chi connectivity index (χ1) is 7.00. The second-order valence-corrected chi connectivity index (χ2v) is 3.72. The number of azide groups is 1. The van der Waals surface area contributed by atoms with E-state index in [1.807, 2.05) is 27.7 Å². The second-order valence-electron chi connectivity index (χ2n) is 3.72. The van der Waals surface area contributed by atoms with Crippen LogP contribution in [0.25, 0.3) is 10.4 Å². The van der Waals surface area contributed by atoms with Gasteiger partial charge in [-0.1, -0.05) is 5.11 Å². The predicted molar refractivity (Wildman–Crippen MR) is 59.9 cm³/mol. The number of rotatable bonds is 2. The molecule has 0 aliphatic rings. The summed E-state index contributed by atoms with van der Waals surface area (Å²) in [6.45, 7) is 7.96. The van der Waals surface area contributed by atoms with E-state index in [1.165, 1.54) is 0 Å². The molecule has 0 heterocycles. The van der Waals surface area contributed by atoms with Gasteiger partial charge in [0.25, 0.3) is 0 Å². The van der Waals surface area contributed by atoms with Crippen LogP contribution >= 0.6 is 0 Å². The summed E-state index contributed by atoms with van der Waals surface area (Å²) in [6.07, 6.45) is 0. The fraction of sp³-hybridized carbons (Fsp3) is 0.455. The van der Waals surface area contributed by atoms with Crippen LogP contribution in [0.3, 0.4) is 0 Å². The molecule has 0 atom stereocenters. The van der Waals surface area contributed by atoms with Crippen LogP contribution in [0.1, 0.15) is 27.8 Å². The Bertz CT molecular complexity index is 417. The molecule has 0 aromatic heterocycles. The quantitative estimate of drug-likeness (QED) is 0.448. The van der Waals surface area contributed by atoms with Crippen LogP contribution in [0.15, 0.2) is 5.11 Å². The molecule has 1 aromatic carbocycles. The summed E-state index contributed by atoms with van der Waals surface area (Å²) < 4.78 is 0. The van der Waals surface area contributed by atoms with Gasteiger partial charge in [-0.15, -0.1) is 0 Å². The Morgan fingerprint density at radius 3 is 1.93 bits per heavy atom. The van der Waals surface area contributed by atoms with Gasteiger partial charge < -0.3 is 5.11 Å². The van der Waals surface area contributed by atoms with Gasteiger partial charge in [-0.05, 0) is 61.0 Å². The molecule has 1 rings (SSSR count). The van der Waals surface area contributed by atoms with Crippen LogP contribution in [0.5, 0.6) is 5.75 Å². The van der Waals surface area contributed by atoms with E-state index in [4.69, 9.17) is 5.53 Å². The summed E-state index contributed by atoms with van der Waals surface area (Å²) in [7, 11) is 0. The summed E-state index contributed by atoms with van der Waals surface area (Å²) in [5.74, 6) is 0.342. The molecule has 0 radical (unpaired) electrons. The molecule has 0 aliphatic carbocycles. The number of hydrogen-bond acceptors (Lipinski definition) is 2. The number of aromatic hydroxyl groups is 1. The average molecular weight is 205 g/mol. The first-order valence-electron chi connectivity index (χ1n) is 4.79. The molecule has 0 bridgehead atoms. The largest absolute Gasteiger partial charge is 0.507 e. The standard InChI is InChI=1S/C11H15N3O/c1-6-8(3)11(15)9(4)7(2)10(6)5-13-14-12/h15H,5H2,1-4H3. The van der Waals surface area contributed by atoms with Crippen molar-refractivity contribution in [3.8, 4) is 5.75 Å². The molecule has 0 saturated carbocycles. The zero-order valence-electron chi connectivity index (χ0n) is 9.50. The highest BCUT2D eigenvalue weighted by Crippen LogP contribution is 2.31. The fourth-order valence-corrected chi connectivity index (χ4v) is 1.71. The molecule has 0 saturated heterocycles. The van der Waals surface area contributed by atoms with Crippen molar-refractivity contribution in [2.45, 2.75) is 34.2 Å². The van der Waals surface area contributed by atoms with Gasteiger partial charge in [0.05, 0.1) is 6.54 Å². The van der Waals surface area contributed by atoms with Crippen LogP contribution in [0.4, 0.5) is 0 Å². The minimum atomic E-state index is 0.342. The van der Waals surface area contributed by atoms with Crippen molar-refractivity contribution in [1.82, 2.24) is 0 Å². The van der Waals surface area contributed by atoms with Gasteiger partial charge in [-0.3, -0.25) is 0 Å². The minimum absolute atomic E-state index is 0.342. The van der Waals surface area contributed by atoms with E-state index in [0.29, 0.717) is 12.3 Å². The van der Waals surface area contributed by atoms with Crippen LogP contribution in [0.2, 0.25) is 0 Å². The maximum Gasteiger partial charge on any atom is 0.121 e. The van der Waals surface area contributed by atoms with Crippen LogP contribution in [-0.2, 0) is 6.54 Å². The summed E-state index contributed by atoms with van der Waals surface area (Å²) >= 11 is 0. The Kier molecular flexibility index (Phi) is 3.22. The van der Waals surface area contributed by atoms with Gasteiger partial charge in [0, 0.05) is 4.91 Å². The Labute approximate surface area is 89.2 Å². The summed E-state index contributed by atoms with van der Waals surface area (Å²) in [5.41, 5.74) is 13.1. The maximum atomic E-state index is 9.81. The number of nitrogens with zero attached hydrogens (tertiary/aromatic N) is 3. The van der Waals surface area contributed by atoms with E-state index < -0.39 is 0 Å². The Hall–Kier alpha value is -1.67. The number of phenolic OH excluding ortho intramolecular Hbond substituents is 1. The maximum absolute atomic E-state index is 9.81. The molecule has 4 nitrogen and oxygen atoms in total. The highest BCUT2D eigenvalue weighted by atomic mass is 16.3. The van der Waals surface area contributed by atoms with E-state index in [-0.39, 0.29) is 0 Å². The fourth-order valence-electron chi connectivity index (χ4n) is 1.71. The van der Waals surface area contributed by atoms with Crippen molar-refractivity contribution in [2.75, 3.05) is 0 Å². The molecule has 15 heavy (non-hydrogen) atoms. The zero-order valence-corrected chi connectivity index (χ0v) is 9.50. The van der Waals surface area contributed by atoms with Crippen molar-refractivity contribution < 1.29 is 5.11 Å². The molecule has 0 spiro atoms. The van der Waals surface area contributed by atoms with E-state index >= 15 is 0 Å². The van der Waals surface area contributed by atoms with E-state index in [0.717, 1.165) is 27.8 Å². The molecule has 0 fully saturated rings. The molecule has 4 heteroatoms. The third kappa shape index (κ3) is 1.90. The van der Waals surface area contributed by atoms with Crippen molar-refractivity contribution in [3.63, 3.8) is 0 Å². The Morgan fingerprint density at radius 1 is 1.07 bits per heavy atom. The van der Waals surface area contributed by atoms with Crippen molar-refractivity contribution >= 4 is 0 Å². The smallest absolute Gasteiger partial charge is 0.121 e. The van der Waals surface area contributed by atoms with Gasteiger partial charge in [-0.2, -0.15) is 0 Å². The molecule has 0 amide bonds. The van der Waals surface area contributed by atoms with E-state index in [9.17, 15) is 5.11 Å². The highest BCUT2D eigenvalue weighted by molar-refractivity contribution is 5.53. The summed E-state index contributed by atoms with van der Waals surface area (Å²) in [6, 6.07) is 0. The summed E-state index contributed by atoms with van der Waals surface area (Å²) in [4.78, 5) is 2.76. The monoisotopic (exact) mass is 205 g/mol. The van der Waals surface area contributed by atoms with Gasteiger partial charge in [0.15, 0.2) is 0 Å². The first-order valence-corrected chi connectivity index (χ1v) is 4.79. The van der Waals surface area contributed by atoms with Gasteiger partial charge in [0.2, 0.25) is 0 Å². The topological polar surface area (TPSA) is 69.0 Å². The molecule has 0 aliphatic heterocycles. The molecular formula is C11H15N3O. The van der Waals surface area contributed by atoms with Gasteiger partial charge in [0.1, 0.15) is 5.75 Å². The van der Waals surface area contributed by atoms with Crippen molar-refractivity contribution in [1.29, 1.82) is 0 Å². The Morgan fingerprint density at radius 2 is 1.53 bits per heavy atom. The lowest BCUT2D eigenvalue weighted by Gasteiger charge is -2.15. The first kappa shape index (κ1) is 11.4. The molecule has 0 unspecified atom stereocenters. The lowest BCUT2D eigenvalue weighted by molar-refractivity contribution is 0.465. The second kappa shape index (κ2) is 4.24. The zero-order chi connectivity index (χ0) is 11.6. The highest BCUT2D eigenvalue weighted by Gasteiger charge is 2.12. The van der Waals surface area contributed by atoms with Crippen molar-refractivity contribution in [3.05, 3.63) is 38.3 Å². The molecule has 80 valence electrons. The normalized spacial score (nSPS) is 9.87. The number of benzene rings is 1. The van der Waals surface area contributed by atoms with E-state index in [1.54, 1.807) is 0 Å². The van der Waals surface area contributed by atoms with Gasteiger partial charge in [-0.25, -0.2) is 0 Å². The SMILES string of the molecule is Cc1c(C)c(CN=[N+]=[N-])c(C)c(C)c1O. The number of hydrogen-bond donors (Lipinski definition) is 1. The van der Waals surface area contributed by atoms with Crippen LogP contribution in [0, 0.1) is 27.7 Å². The molecule has 1 N–H and O–H groups in total. The van der Waals surface area contributed by atoms with E-state index in [2.05, 4.69) is 10.0 Å². The third-order valence-electron chi connectivity index (χ3n) is 3.03. The van der Waals surface area contributed by atoms with Crippen molar-refractivity contribution in [2.24, 2.45) is 5.11 Å². The Balaban J connectivity index is 3.44. The lowest BCUT2D eigenvalue weighted by atomic mass is 9.93. The molecule has 1 aromatic rings. The average Bonchev–Trinajstić information content (AvgIpc) is 2.24. The number of phenols is 1. The minimum Gasteiger partial charge on any atom is -0.507 e.